The summed E-state index contributed by atoms with van der Waals surface area (Å²) in [6.07, 6.45) is 2.98. The Bertz CT molecular complexity index is 653. The molecule has 2 aromatic rings. The summed E-state index contributed by atoms with van der Waals surface area (Å²) >= 11 is 1.54. The van der Waals surface area contributed by atoms with Crippen LogP contribution < -0.4 is 5.32 Å². The van der Waals surface area contributed by atoms with E-state index in [2.05, 4.69) is 15.3 Å². The zero-order valence-electron chi connectivity index (χ0n) is 11.4. The molecule has 0 bridgehead atoms. The highest BCUT2D eigenvalue weighted by Gasteiger charge is 2.11. The molecule has 5 nitrogen and oxygen atoms in total. The predicted molar refractivity (Wildman–Crippen MR) is 81.4 cm³/mol. The molecular weight excluding hydrogens is 294 g/mol. The van der Waals surface area contributed by atoms with E-state index in [9.17, 15) is 8.42 Å². The lowest BCUT2D eigenvalue weighted by Gasteiger charge is -2.11. The SMILES string of the molecule is CC(CS(C)(=O)=O)NCc1csc(-c2ccccn2)n1. The number of aromatic nitrogens is 2. The van der Waals surface area contributed by atoms with Gasteiger partial charge in [0.05, 0.1) is 17.1 Å². The van der Waals surface area contributed by atoms with Gasteiger partial charge in [-0.1, -0.05) is 6.07 Å². The van der Waals surface area contributed by atoms with E-state index in [1.165, 1.54) is 17.6 Å². The van der Waals surface area contributed by atoms with E-state index in [0.29, 0.717) is 6.54 Å². The maximum atomic E-state index is 11.2. The molecule has 0 aromatic carbocycles. The first kappa shape index (κ1) is 15.1. The Labute approximate surface area is 123 Å². The molecule has 7 heteroatoms. The summed E-state index contributed by atoms with van der Waals surface area (Å²) < 4.78 is 22.4. The molecule has 0 amide bonds. The highest BCUT2D eigenvalue weighted by molar-refractivity contribution is 7.90. The Hall–Kier alpha value is -1.31. The van der Waals surface area contributed by atoms with Gasteiger partial charge in [0.15, 0.2) is 0 Å². The highest BCUT2D eigenvalue weighted by atomic mass is 32.2. The second kappa shape index (κ2) is 6.43. The van der Waals surface area contributed by atoms with Crippen LogP contribution >= 0.6 is 11.3 Å². The lowest BCUT2D eigenvalue weighted by molar-refractivity contribution is 0.557. The highest BCUT2D eigenvalue weighted by Crippen LogP contribution is 2.21. The number of sulfone groups is 1. The van der Waals surface area contributed by atoms with Gasteiger partial charge in [-0.3, -0.25) is 4.98 Å². The van der Waals surface area contributed by atoms with Crippen LogP contribution in [0, 0.1) is 0 Å². The van der Waals surface area contributed by atoms with Gasteiger partial charge in [0.25, 0.3) is 0 Å². The Morgan fingerprint density at radius 3 is 2.85 bits per heavy atom. The number of hydrogen-bond acceptors (Lipinski definition) is 6. The van der Waals surface area contributed by atoms with Crippen LogP contribution in [0.25, 0.3) is 10.7 Å². The first-order valence-electron chi connectivity index (χ1n) is 6.21. The third kappa shape index (κ3) is 4.66. The van der Waals surface area contributed by atoms with Gasteiger partial charge in [0.1, 0.15) is 14.8 Å². The fourth-order valence-corrected chi connectivity index (χ4v) is 3.61. The first-order chi connectivity index (χ1) is 9.44. The Morgan fingerprint density at radius 2 is 2.20 bits per heavy atom. The molecule has 0 aliphatic carbocycles. The lowest BCUT2D eigenvalue weighted by Crippen LogP contribution is -2.32. The normalized spacial score (nSPS) is 13.3. The number of pyridine rings is 1. The van der Waals surface area contributed by atoms with Gasteiger partial charge < -0.3 is 5.32 Å². The quantitative estimate of drug-likeness (QED) is 0.879. The van der Waals surface area contributed by atoms with Gasteiger partial charge in [0.2, 0.25) is 0 Å². The molecule has 2 aromatic heterocycles. The molecule has 2 rings (SSSR count). The van der Waals surface area contributed by atoms with Crippen molar-refractivity contribution in [3.63, 3.8) is 0 Å². The third-order valence-electron chi connectivity index (χ3n) is 2.62. The molecule has 0 aliphatic heterocycles. The molecule has 0 spiro atoms. The molecule has 1 N–H and O–H groups in total. The van der Waals surface area contributed by atoms with Gasteiger partial charge >= 0.3 is 0 Å². The number of thiazole rings is 1. The van der Waals surface area contributed by atoms with E-state index >= 15 is 0 Å². The summed E-state index contributed by atoms with van der Waals surface area (Å²) in [5.74, 6) is 0.129. The zero-order valence-corrected chi connectivity index (χ0v) is 13.0. The molecule has 0 saturated carbocycles. The summed E-state index contributed by atoms with van der Waals surface area (Å²) in [7, 11) is -2.96. The standard InChI is InChI=1S/C13H17N3O2S2/c1-10(9-20(2,17)18)15-7-11-8-19-13(16-11)12-5-3-4-6-14-12/h3-6,8,10,15H,7,9H2,1-2H3. The molecule has 0 aliphatic rings. The predicted octanol–water partition coefficient (Wildman–Crippen LogP) is 1.73. The first-order valence-corrected chi connectivity index (χ1v) is 9.15. The van der Waals surface area contributed by atoms with E-state index in [1.807, 2.05) is 30.5 Å². The van der Waals surface area contributed by atoms with Crippen molar-refractivity contribution in [1.82, 2.24) is 15.3 Å². The van der Waals surface area contributed by atoms with Crippen molar-refractivity contribution in [2.45, 2.75) is 19.5 Å². The Kier molecular flexibility index (Phi) is 4.85. The molecular formula is C13H17N3O2S2. The minimum atomic E-state index is -2.96. The summed E-state index contributed by atoms with van der Waals surface area (Å²) in [6, 6.07) is 5.62. The van der Waals surface area contributed by atoms with Crippen molar-refractivity contribution in [2.24, 2.45) is 0 Å². The van der Waals surface area contributed by atoms with Gasteiger partial charge in [-0.2, -0.15) is 0 Å². The minimum Gasteiger partial charge on any atom is -0.308 e. The van der Waals surface area contributed by atoms with Gasteiger partial charge in [-0.05, 0) is 19.1 Å². The van der Waals surface area contributed by atoms with Crippen molar-refractivity contribution in [3.8, 4) is 10.7 Å². The van der Waals surface area contributed by atoms with Crippen molar-refractivity contribution in [3.05, 3.63) is 35.5 Å². The number of hydrogen-bond donors (Lipinski definition) is 1. The molecule has 0 saturated heterocycles. The van der Waals surface area contributed by atoms with Crippen LogP contribution in [-0.2, 0) is 16.4 Å². The van der Waals surface area contributed by atoms with Crippen LogP contribution in [0.1, 0.15) is 12.6 Å². The average Bonchev–Trinajstić information content (AvgIpc) is 2.84. The van der Waals surface area contributed by atoms with E-state index in [4.69, 9.17) is 0 Å². The van der Waals surface area contributed by atoms with Crippen LogP contribution in [0.15, 0.2) is 29.8 Å². The van der Waals surface area contributed by atoms with Crippen molar-refractivity contribution >= 4 is 21.2 Å². The van der Waals surface area contributed by atoms with Crippen LogP contribution in [0.2, 0.25) is 0 Å². The van der Waals surface area contributed by atoms with Crippen LogP contribution in [0.5, 0.6) is 0 Å². The molecule has 2 heterocycles. The van der Waals surface area contributed by atoms with Crippen molar-refractivity contribution in [2.75, 3.05) is 12.0 Å². The summed E-state index contributed by atoms with van der Waals surface area (Å²) in [5.41, 5.74) is 1.75. The molecule has 20 heavy (non-hydrogen) atoms. The Balaban J connectivity index is 1.94. The molecule has 0 radical (unpaired) electrons. The van der Waals surface area contributed by atoms with Crippen LogP contribution in [-0.4, -0.2) is 36.4 Å². The fraction of sp³-hybridized carbons (Fsp3) is 0.385. The summed E-state index contributed by atoms with van der Waals surface area (Å²) in [5, 5.41) is 6.00. The second-order valence-electron chi connectivity index (χ2n) is 4.73. The summed E-state index contributed by atoms with van der Waals surface area (Å²) in [4.78, 5) is 8.75. The van der Waals surface area contributed by atoms with Crippen LogP contribution in [0.3, 0.4) is 0 Å². The second-order valence-corrected chi connectivity index (χ2v) is 7.78. The van der Waals surface area contributed by atoms with Gasteiger partial charge in [-0.15, -0.1) is 11.3 Å². The topological polar surface area (TPSA) is 72.0 Å². The average molecular weight is 311 g/mol. The molecule has 1 unspecified atom stereocenters. The number of nitrogens with zero attached hydrogens (tertiary/aromatic N) is 2. The molecule has 0 fully saturated rings. The van der Waals surface area contributed by atoms with E-state index in [1.54, 1.807) is 6.20 Å². The Morgan fingerprint density at radius 1 is 1.40 bits per heavy atom. The minimum absolute atomic E-state index is 0.0926. The molecule has 1 atom stereocenters. The molecule has 108 valence electrons. The summed E-state index contributed by atoms with van der Waals surface area (Å²) in [6.45, 7) is 2.41. The van der Waals surface area contributed by atoms with E-state index in [-0.39, 0.29) is 11.8 Å². The monoisotopic (exact) mass is 311 g/mol. The number of rotatable bonds is 6. The fourth-order valence-electron chi connectivity index (χ4n) is 1.79. The third-order valence-corrected chi connectivity index (χ3v) is 4.64. The van der Waals surface area contributed by atoms with Crippen molar-refractivity contribution < 1.29 is 8.42 Å². The van der Waals surface area contributed by atoms with Crippen molar-refractivity contribution in [1.29, 1.82) is 0 Å². The largest absolute Gasteiger partial charge is 0.308 e. The van der Waals surface area contributed by atoms with E-state index in [0.717, 1.165) is 16.4 Å². The number of nitrogens with one attached hydrogen (secondary N) is 1. The maximum absolute atomic E-state index is 11.2. The van der Waals surface area contributed by atoms with Crippen LogP contribution in [0.4, 0.5) is 0 Å². The maximum Gasteiger partial charge on any atom is 0.148 e. The van der Waals surface area contributed by atoms with E-state index < -0.39 is 9.84 Å². The van der Waals surface area contributed by atoms with Gasteiger partial charge in [0, 0.05) is 30.4 Å². The smallest absolute Gasteiger partial charge is 0.148 e. The van der Waals surface area contributed by atoms with Gasteiger partial charge in [-0.25, -0.2) is 13.4 Å². The zero-order chi connectivity index (χ0) is 14.6. The lowest BCUT2D eigenvalue weighted by atomic mass is 10.3.